The van der Waals surface area contributed by atoms with Gasteiger partial charge in [0, 0.05) is 19.4 Å². The average molecular weight is 583 g/mol. The van der Waals surface area contributed by atoms with Crippen LogP contribution in [0, 0.1) is 0 Å². The van der Waals surface area contributed by atoms with Crippen molar-refractivity contribution < 1.29 is 19.7 Å². The van der Waals surface area contributed by atoms with Gasteiger partial charge >= 0.3 is 0 Å². The van der Waals surface area contributed by atoms with Crippen LogP contribution in [0.5, 0.6) is 0 Å². The van der Waals surface area contributed by atoms with Gasteiger partial charge in [-0.25, -0.2) is 0 Å². The molecule has 0 heterocycles. The van der Waals surface area contributed by atoms with Crippen molar-refractivity contribution in [2.75, 3.05) is 19.8 Å². The van der Waals surface area contributed by atoms with Crippen LogP contribution in [0.3, 0.4) is 0 Å². The molecule has 0 aromatic heterocycles. The Balaban J connectivity index is 3.15. The van der Waals surface area contributed by atoms with E-state index in [2.05, 4.69) is 6.92 Å². The van der Waals surface area contributed by atoms with Crippen molar-refractivity contribution in [1.29, 1.82) is 0 Å². The lowest BCUT2D eigenvalue weighted by Gasteiger charge is -2.08. The second-order valence-electron chi connectivity index (χ2n) is 12.8. The highest BCUT2D eigenvalue weighted by molar-refractivity contribution is 5.78. The summed E-state index contributed by atoms with van der Waals surface area (Å²) in [6, 6.07) is 0. The van der Waals surface area contributed by atoms with Crippen LogP contribution in [0.15, 0.2) is 0 Å². The van der Waals surface area contributed by atoms with Crippen LogP contribution >= 0.6 is 0 Å². The van der Waals surface area contributed by atoms with Crippen molar-refractivity contribution in [3.8, 4) is 0 Å². The fraction of sp³-hybridized carbons (Fsp3) is 0.973. The number of ketones is 1. The average Bonchev–Trinajstić information content (AvgIpc) is 2.98. The molecule has 1 atom stereocenters. The molecule has 4 nitrogen and oxygen atoms in total. The van der Waals surface area contributed by atoms with Gasteiger partial charge < -0.3 is 14.9 Å². The molecule has 0 saturated carbocycles. The minimum Gasteiger partial charge on any atom is -0.394 e. The number of hydrogen-bond donors (Lipinski definition) is 2. The Kier molecular flexibility index (Phi) is 35.4. The van der Waals surface area contributed by atoms with E-state index in [1.165, 1.54) is 167 Å². The number of hydrogen-bond acceptors (Lipinski definition) is 4. The van der Waals surface area contributed by atoms with Crippen LogP contribution in [-0.2, 0) is 9.53 Å². The summed E-state index contributed by atoms with van der Waals surface area (Å²) in [5, 5.41) is 17.9. The van der Waals surface area contributed by atoms with E-state index in [0.717, 1.165) is 32.1 Å². The van der Waals surface area contributed by atoms with Crippen molar-refractivity contribution in [3.05, 3.63) is 0 Å². The van der Waals surface area contributed by atoms with Crippen LogP contribution in [0.4, 0.5) is 0 Å². The molecule has 0 radical (unpaired) electrons. The Hall–Kier alpha value is -0.450. The molecule has 1 unspecified atom stereocenters. The molecular weight excluding hydrogens is 508 g/mol. The Bertz CT molecular complexity index is 495. The molecule has 41 heavy (non-hydrogen) atoms. The van der Waals surface area contributed by atoms with Crippen molar-refractivity contribution in [3.63, 3.8) is 0 Å². The Morgan fingerprint density at radius 2 is 0.780 bits per heavy atom. The summed E-state index contributed by atoms with van der Waals surface area (Å²) in [6.07, 6.45) is 39.6. The van der Waals surface area contributed by atoms with E-state index in [0.29, 0.717) is 12.4 Å². The second kappa shape index (κ2) is 35.7. The minimum absolute atomic E-state index is 0.219. The maximum atomic E-state index is 12.1. The number of aliphatic hydroxyl groups excluding tert-OH is 2. The van der Waals surface area contributed by atoms with Gasteiger partial charge in [-0.05, 0) is 19.3 Å². The van der Waals surface area contributed by atoms with Crippen LogP contribution in [-0.4, -0.2) is 41.9 Å². The van der Waals surface area contributed by atoms with Gasteiger partial charge in [-0.2, -0.15) is 0 Å². The quantitative estimate of drug-likeness (QED) is 0.0721. The first-order valence-corrected chi connectivity index (χ1v) is 18.6. The first-order valence-electron chi connectivity index (χ1n) is 18.6. The zero-order valence-electron chi connectivity index (χ0n) is 27.8. The highest BCUT2D eigenvalue weighted by Gasteiger charge is 2.03. The number of ether oxygens (including phenoxy) is 1. The van der Waals surface area contributed by atoms with Gasteiger partial charge in [-0.1, -0.05) is 174 Å². The molecule has 0 saturated heterocycles. The third kappa shape index (κ3) is 35.7. The second-order valence-corrected chi connectivity index (χ2v) is 12.8. The monoisotopic (exact) mass is 583 g/mol. The molecule has 0 aliphatic carbocycles. The molecule has 0 spiro atoms. The van der Waals surface area contributed by atoms with Crippen LogP contribution < -0.4 is 0 Å². The van der Waals surface area contributed by atoms with Gasteiger partial charge in [0.05, 0.1) is 13.2 Å². The molecule has 0 amide bonds. The Morgan fingerprint density at radius 3 is 1.10 bits per heavy atom. The van der Waals surface area contributed by atoms with Crippen molar-refractivity contribution in [2.24, 2.45) is 0 Å². The highest BCUT2D eigenvalue weighted by atomic mass is 16.5. The predicted octanol–water partition coefficient (Wildman–Crippen LogP) is 11.0. The molecule has 0 aromatic rings. The van der Waals surface area contributed by atoms with E-state index in [1.807, 2.05) is 0 Å². The van der Waals surface area contributed by atoms with Crippen LogP contribution in [0.2, 0.25) is 0 Å². The molecular formula is C37H74O4. The molecule has 0 aliphatic rings. The predicted molar refractivity (Wildman–Crippen MR) is 178 cm³/mol. The lowest BCUT2D eigenvalue weighted by atomic mass is 10.0. The van der Waals surface area contributed by atoms with Gasteiger partial charge in [-0.15, -0.1) is 0 Å². The molecule has 0 aliphatic heterocycles. The van der Waals surface area contributed by atoms with E-state index in [4.69, 9.17) is 9.84 Å². The van der Waals surface area contributed by atoms with Crippen LogP contribution in [0.1, 0.15) is 206 Å². The van der Waals surface area contributed by atoms with E-state index in [-0.39, 0.29) is 13.2 Å². The number of unbranched alkanes of at least 4 members (excludes halogenated alkanes) is 27. The lowest BCUT2D eigenvalue weighted by molar-refractivity contribution is -0.119. The van der Waals surface area contributed by atoms with Gasteiger partial charge in [0.15, 0.2) is 0 Å². The SMILES string of the molecule is CCCCCCCCCCCCCCCC(=O)CCCCCCCCCCCCCCCCCCOCC(O)CO. The van der Waals surface area contributed by atoms with Crippen LogP contribution in [0.25, 0.3) is 0 Å². The summed E-state index contributed by atoms with van der Waals surface area (Å²) in [4.78, 5) is 12.1. The van der Waals surface area contributed by atoms with Gasteiger partial charge in [0.1, 0.15) is 11.9 Å². The molecule has 246 valence electrons. The zero-order chi connectivity index (χ0) is 29.9. The number of aliphatic hydroxyl groups is 2. The normalized spacial score (nSPS) is 12.3. The third-order valence-electron chi connectivity index (χ3n) is 8.57. The van der Waals surface area contributed by atoms with Crippen molar-refractivity contribution >= 4 is 5.78 Å². The summed E-state index contributed by atoms with van der Waals surface area (Å²) in [5.41, 5.74) is 0. The maximum Gasteiger partial charge on any atom is 0.132 e. The maximum absolute atomic E-state index is 12.1. The van der Waals surface area contributed by atoms with E-state index >= 15 is 0 Å². The Labute approximate surface area is 257 Å². The summed E-state index contributed by atoms with van der Waals surface area (Å²) in [6.45, 7) is 3.01. The molecule has 4 heteroatoms. The minimum atomic E-state index is -0.730. The first kappa shape index (κ1) is 40.5. The lowest BCUT2D eigenvalue weighted by Crippen LogP contribution is -2.19. The number of rotatable bonds is 36. The van der Waals surface area contributed by atoms with Crippen molar-refractivity contribution in [2.45, 2.75) is 212 Å². The van der Waals surface area contributed by atoms with Crippen molar-refractivity contribution in [1.82, 2.24) is 0 Å². The van der Waals surface area contributed by atoms with Gasteiger partial charge in [0.2, 0.25) is 0 Å². The molecule has 0 fully saturated rings. The zero-order valence-corrected chi connectivity index (χ0v) is 27.8. The topological polar surface area (TPSA) is 66.8 Å². The molecule has 2 N–H and O–H groups in total. The summed E-state index contributed by atoms with van der Waals surface area (Å²) >= 11 is 0. The van der Waals surface area contributed by atoms with Gasteiger partial charge in [0.25, 0.3) is 0 Å². The van der Waals surface area contributed by atoms with Gasteiger partial charge in [-0.3, -0.25) is 4.79 Å². The summed E-state index contributed by atoms with van der Waals surface area (Å²) in [5.74, 6) is 0.509. The highest BCUT2D eigenvalue weighted by Crippen LogP contribution is 2.16. The summed E-state index contributed by atoms with van der Waals surface area (Å²) in [7, 11) is 0. The Morgan fingerprint density at radius 1 is 0.488 bits per heavy atom. The fourth-order valence-electron chi connectivity index (χ4n) is 5.74. The first-order chi connectivity index (χ1) is 20.2. The molecule has 0 rings (SSSR count). The van der Waals surface area contributed by atoms with E-state index in [9.17, 15) is 9.90 Å². The smallest absolute Gasteiger partial charge is 0.132 e. The molecule has 0 bridgehead atoms. The standard InChI is InChI=1S/C37H74O4/c1-2-3-4-5-6-7-8-13-16-19-22-25-28-31-36(39)32-29-26-23-20-17-14-11-9-10-12-15-18-21-24-27-30-33-41-35-37(40)34-38/h37-38,40H,2-35H2,1H3. The largest absolute Gasteiger partial charge is 0.394 e. The fourth-order valence-corrected chi connectivity index (χ4v) is 5.74. The summed E-state index contributed by atoms with van der Waals surface area (Å²) < 4.78 is 5.33. The molecule has 0 aromatic carbocycles. The number of carbonyl (C=O) groups excluding carboxylic acids is 1. The number of carbonyl (C=O) groups is 1. The third-order valence-corrected chi connectivity index (χ3v) is 8.57. The van der Waals surface area contributed by atoms with E-state index < -0.39 is 6.10 Å². The van der Waals surface area contributed by atoms with E-state index in [1.54, 1.807) is 0 Å². The number of Topliss-reactive ketones (excluding diaryl/α,β-unsaturated/α-hetero) is 1.